The van der Waals surface area contributed by atoms with Crippen LogP contribution >= 0.6 is 0 Å². The summed E-state index contributed by atoms with van der Waals surface area (Å²) < 4.78 is 63.7. The molecule has 0 bridgehead atoms. The molecule has 0 saturated carbocycles. The van der Waals surface area contributed by atoms with Crippen molar-refractivity contribution in [1.29, 1.82) is 0 Å². The minimum atomic E-state index is -4.47. The number of aliphatic hydroxyl groups is 3. The molecule has 0 spiro atoms. The molecule has 1 saturated heterocycles. The number of rotatable bonds is 9. The molecule has 2 aromatic carbocycles. The zero-order valence-corrected chi connectivity index (χ0v) is 19.8. The van der Waals surface area contributed by atoms with Gasteiger partial charge >= 0.3 is 5.97 Å². The second-order valence-corrected chi connectivity index (χ2v) is 11.0. The molecule has 0 amide bonds. The van der Waals surface area contributed by atoms with E-state index in [1.54, 1.807) is 26.0 Å². The normalized spacial score (nSPS) is 22.9. The lowest BCUT2D eigenvalue weighted by Gasteiger charge is -2.24. The fraction of sp³-hybridized carbons (Fsp3) is 0.381. The van der Waals surface area contributed by atoms with E-state index >= 15 is 0 Å². The van der Waals surface area contributed by atoms with Gasteiger partial charge in [0.05, 0.1) is 16.4 Å². The first-order chi connectivity index (χ1) is 15.8. The number of benzene rings is 2. The van der Waals surface area contributed by atoms with Gasteiger partial charge in [0.1, 0.15) is 18.3 Å². The molecule has 0 aromatic heterocycles. The maximum absolute atomic E-state index is 12.4. The lowest BCUT2D eigenvalue weighted by molar-refractivity contribution is -0.154. The molecule has 2 aromatic rings. The summed E-state index contributed by atoms with van der Waals surface area (Å²) in [5.41, 5.74) is 1.59. The van der Waals surface area contributed by atoms with Crippen LogP contribution in [-0.2, 0) is 38.1 Å². The van der Waals surface area contributed by atoms with Gasteiger partial charge in [-0.05, 0) is 38.1 Å². The molecular formula is C21H24O11S2. The average molecular weight is 517 g/mol. The van der Waals surface area contributed by atoms with Crippen LogP contribution in [0.5, 0.6) is 0 Å². The zero-order chi connectivity index (χ0) is 25.3. The van der Waals surface area contributed by atoms with Crippen LogP contribution in [0.15, 0.2) is 58.3 Å². The molecule has 5 atom stereocenters. The fourth-order valence-electron chi connectivity index (χ4n) is 3.10. The predicted octanol–water partition coefficient (Wildman–Crippen LogP) is -0.209. The molecule has 186 valence electrons. The van der Waals surface area contributed by atoms with Gasteiger partial charge in [-0.1, -0.05) is 35.4 Å². The van der Waals surface area contributed by atoms with Crippen molar-refractivity contribution in [3.05, 3.63) is 59.7 Å². The van der Waals surface area contributed by atoms with Crippen LogP contribution in [-0.4, -0.2) is 75.3 Å². The average Bonchev–Trinajstić information content (AvgIpc) is 3.05. The Bertz CT molecular complexity index is 1220. The molecular weight excluding hydrogens is 492 g/mol. The van der Waals surface area contributed by atoms with Crippen LogP contribution in [0.1, 0.15) is 11.1 Å². The summed E-state index contributed by atoms with van der Waals surface area (Å²) in [7, 11) is -8.74. The molecule has 11 nitrogen and oxygen atoms in total. The Hall–Kier alpha value is -2.39. The van der Waals surface area contributed by atoms with Gasteiger partial charge in [-0.25, -0.2) is 8.98 Å². The van der Waals surface area contributed by atoms with Crippen LogP contribution in [0.3, 0.4) is 0 Å². The zero-order valence-electron chi connectivity index (χ0n) is 18.1. The number of esters is 1. The highest BCUT2D eigenvalue weighted by Crippen LogP contribution is 2.27. The topological polar surface area (TPSA) is 174 Å². The Morgan fingerprint density at radius 1 is 0.882 bits per heavy atom. The predicted molar refractivity (Wildman–Crippen MR) is 115 cm³/mol. The molecule has 1 aliphatic rings. The van der Waals surface area contributed by atoms with Gasteiger partial charge in [-0.3, -0.25) is 4.18 Å². The van der Waals surface area contributed by atoms with E-state index < -0.39 is 63.3 Å². The Labute approximate surface area is 196 Å². The highest BCUT2D eigenvalue weighted by Gasteiger charge is 2.51. The molecule has 1 aliphatic heterocycles. The monoisotopic (exact) mass is 516 g/mol. The third-order valence-electron chi connectivity index (χ3n) is 5.11. The van der Waals surface area contributed by atoms with E-state index in [2.05, 4.69) is 0 Å². The van der Waals surface area contributed by atoms with Crippen molar-refractivity contribution in [3.8, 4) is 0 Å². The van der Waals surface area contributed by atoms with Gasteiger partial charge in [-0.2, -0.15) is 16.8 Å². The molecule has 1 fully saturated rings. The second kappa shape index (κ2) is 10.1. The first-order valence-corrected chi connectivity index (χ1v) is 12.8. The molecule has 0 unspecified atom stereocenters. The number of aliphatic hydroxyl groups excluding tert-OH is 3. The summed E-state index contributed by atoms with van der Waals surface area (Å²) in [6.45, 7) is 2.57. The van der Waals surface area contributed by atoms with Crippen molar-refractivity contribution in [2.45, 2.75) is 54.2 Å². The third-order valence-corrected chi connectivity index (χ3v) is 7.71. The van der Waals surface area contributed by atoms with E-state index in [1.165, 1.54) is 36.4 Å². The lowest BCUT2D eigenvalue weighted by atomic mass is 10.0. The number of hydrogen-bond acceptors (Lipinski definition) is 11. The van der Waals surface area contributed by atoms with E-state index in [0.717, 1.165) is 11.1 Å². The minimum Gasteiger partial charge on any atom is -0.455 e. The molecule has 3 rings (SSSR count). The first-order valence-electron chi connectivity index (χ1n) is 10.0. The van der Waals surface area contributed by atoms with E-state index in [9.17, 15) is 36.9 Å². The van der Waals surface area contributed by atoms with E-state index in [-0.39, 0.29) is 9.79 Å². The maximum atomic E-state index is 12.4. The highest BCUT2D eigenvalue weighted by molar-refractivity contribution is 7.87. The van der Waals surface area contributed by atoms with Gasteiger partial charge in [-0.15, -0.1) is 0 Å². The Morgan fingerprint density at radius 2 is 1.35 bits per heavy atom. The number of cyclic esters (lactones) is 1. The van der Waals surface area contributed by atoms with E-state index in [0.29, 0.717) is 0 Å². The van der Waals surface area contributed by atoms with E-state index in [1.807, 2.05) is 0 Å². The van der Waals surface area contributed by atoms with Crippen molar-refractivity contribution < 1.29 is 50.1 Å². The van der Waals surface area contributed by atoms with Crippen molar-refractivity contribution in [1.82, 2.24) is 0 Å². The number of aryl methyl sites for hydroxylation is 2. The Morgan fingerprint density at radius 3 is 1.85 bits per heavy atom. The summed E-state index contributed by atoms with van der Waals surface area (Å²) in [6, 6.07) is 11.2. The lowest BCUT2D eigenvalue weighted by Crippen LogP contribution is -2.47. The summed E-state index contributed by atoms with van der Waals surface area (Å²) >= 11 is 0. The van der Waals surface area contributed by atoms with Crippen LogP contribution in [0, 0.1) is 13.8 Å². The quantitative estimate of drug-likeness (QED) is 0.297. The number of hydrogen-bond donors (Lipinski definition) is 3. The van der Waals surface area contributed by atoms with Gasteiger partial charge in [0.25, 0.3) is 20.2 Å². The van der Waals surface area contributed by atoms with Gasteiger partial charge in [0.2, 0.25) is 6.10 Å². The van der Waals surface area contributed by atoms with E-state index in [4.69, 9.17) is 13.1 Å². The maximum Gasteiger partial charge on any atom is 0.340 e. The summed E-state index contributed by atoms with van der Waals surface area (Å²) in [5.74, 6) is -1.28. The van der Waals surface area contributed by atoms with Gasteiger partial charge in [0.15, 0.2) is 6.10 Å². The van der Waals surface area contributed by atoms with Crippen LogP contribution < -0.4 is 0 Å². The number of carbonyl (C=O) groups is 1. The standard InChI is InChI=1S/C21H24O11S2/c1-12-3-7-14(8-4-12)33(26,27)30-11-16(22)17(23)19-18(24)20(21(25)31-19)32-34(28,29)15-9-5-13(2)6-10-15/h3-10,16-20,22-24H,11H2,1-2H3/t16-,17-,18-,19+,20-/m1/s1. The van der Waals surface area contributed by atoms with Gasteiger partial charge in [0, 0.05) is 0 Å². The van der Waals surface area contributed by atoms with Crippen molar-refractivity contribution in [2.24, 2.45) is 0 Å². The largest absolute Gasteiger partial charge is 0.455 e. The molecule has 0 aliphatic carbocycles. The summed E-state index contributed by atoms with van der Waals surface area (Å²) in [5, 5.41) is 30.8. The molecule has 3 N–H and O–H groups in total. The molecule has 13 heteroatoms. The SMILES string of the molecule is Cc1ccc(S(=O)(=O)OC[C@@H](O)[C@@H](O)[C@@H]2OC(=O)[C@H](OS(=O)(=O)c3ccc(C)cc3)[C@@H]2O)cc1. The van der Waals surface area contributed by atoms with Crippen molar-refractivity contribution in [3.63, 3.8) is 0 Å². The molecule has 1 heterocycles. The Kier molecular flexibility index (Phi) is 7.77. The highest BCUT2D eigenvalue weighted by atomic mass is 32.2. The number of carbonyl (C=O) groups excluding carboxylic acids is 1. The van der Waals surface area contributed by atoms with Crippen LogP contribution in [0.25, 0.3) is 0 Å². The fourth-order valence-corrected chi connectivity index (χ4v) is 5.07. The molecule has 0 radical (unpaired) electrons. The molecule has 34 heavy (non-hydrogen) atoms. The minimum absolute atomic E-state index is 0.179. The third kappa shape index (κ3) is 5.81. The Balaban J connectivity index is 1.65. The van der Waals surface area contributed by atoms with Crippen molar-refractivity contribution >= 4 is 26.2 Å². The summed E-state index contributed by atoms with van der Waals surface area (Å²) in [6.07, 6.45) is -9.71. The smallest absolute Gasteiger partial charge is 0.340 e. The first kappa shape index (κ1) is 26.2. The van der Waals surface area contributed by atoms with Crippen molar-refractivity contribution in [2.75, 3.05) is 6.61 Å². The summed E-state index contributed by atoms with van der Waals surface area (Å²) in [4.78, 5) is 11.7. The second-order valence-electron chi connectivity index (χ2n) is 7.79. The van der Waals surface area contributed by atoms with Gasteiger partial charge < -0.3 is 20.1 Å². The number of ether oxygens (including phenoxy) is 1. The van der Waals surface area contributed by atoms with Crippen LogP contribution in [0.4, 0.5) is 0 Å². The van der Waals surface area contributed by atoms with Crippen LogP contribution in [0.2, 0.25) is 0 Å².